The fourth-order valence-electron chi connectivity index (χ4n) is 4.32. The molecule has 1 aromatic rings. The predicted octanol–water partition coefficient (Wildman–Crippen LogP) is 0.566. The van der Waals surface area contributed by atoms with E-state index in [2.05, 4.69) is 0 Å². The van der Waals surface area contributed by atoms with Gasteiger partial charge in [-0.15, -0.1) is 0 Å². The Labute approximate surface area is 162 Å². The van der Waals surface area contributed by atoms with Crippen LogP contribution in [0.15, 0.2) is 30.0 Å². The number of aliphatic hydroxyl groups excluding tert-OH is 1. The molecule has 1 aromatic carbocycles. The van der Waals surface area contributed by atoms with Crippen LogP contribution in [0.2, 0.25) is 0 Å². The topological polar surface area (TPSA) is 107 Å². The summed E-state index contributed by atoms with van der Waals surface area (Å²) in [7, 11) is 0. The molecule has 0 bridgehead atoms. The van der Waals surface area contributed by atoms with Crippen LogP contribution in [0.5, 0.6) is 0 Å². The number of β-lactam (4-membered cyclic amide) rings is 1. The van der Waals surface area contributed by atoms with Crippen molar-refractivity contribution in [3.63, 3.8) is 0 Å². The second-order valence-electron chi connectivity index (χ2n) is 7.36. The van der Waals surface area contributed by atoms with Crippen molar-refractivity contribution in [2.24, 2.45) is 5.92 Å². The van der Waals surface area contributed by atoms with Crippen molar-refractivity contribution in [1.82, 2.24) is 9.80 Å². The Balaban J connectivity index is 1.66. The van der Waals surface area contributed by atoms with Crippen LogP contribution < -0.4 is 0 Å². The molecule has 0 aromatic heterocycles. The number of carbonyl (C=O) groups excluding carboxylic acids is 2. The number of benzene rings is 1. The number of aliphatic carboxylic acids is 1. The van der Waals surface area contributed by atoms with Gasteiger partial charge in [0.05, 0.1) is 31.3 Å². The lowest BCUT2D eigenvalue weighted by Gasteiger charge is -2.44. The number of fused-ring (bicyclic) bond motifs is 1. The number of carboxylic acids is 1. The monoisotopic (exact) mass is 386 g/mol. The average Bonchev–Trinajstić information content (AvgIpc) is 3.03. The Morgan fingerprint density at radius 2 is 1.96 bits per heavy atom. The van der Waals surface area contributed by atoms with Gasteiger partial charge in [-0.05, 0) is 36.6 Å². The molecule has 2 fully saturated rings. The third kappa shape index (κ3) is 2.89. The molecule has 28 heavy (non-hydrogen) atoms. The molecule has 2 saturated heterocycles. The Kier molecular flexibility index (Phi) is 4.68. The summed E-state index contributed by atoms with van der Waals surface area (Å²) in [5.41, 5.74) is 1.56. The highest BCUT2D eigenvalue weighted by Crippen LogP contribution is 2.46. The van der Waals surface area contributed by atoms with Crippen LogP contribution in [-0.2, 0) is 14.3 Å². The van der Waals surface area contributed by atoms with E-state index in [1.807, 2.05) is 0 Å². The molecule has 2 N–H and O–H groups in total. The van der Waals surface area contributed by atoms with Crippen LogP contribution in [0.25, 0.3) is 5.57 Å². The van der Waals surface area contributed by atoms with Crippen molar-refractivity contribution in [1.29, 1.82) is 0 Å². The lowest BCUT2D eigenvalue weighted by molar-refractivity contribution is -0.161. The summed E-state index contributed by atoms with van der Waals surface area (Å²) in [6, 6.07) is 6.51. The third-order valence-corrected chi connectivity index (χ3v) is 5.69. The normalized spacial score (nSPS) is 25.4. The molecule has 3 aliphatic heterocycles. The number of amides is 2. The SMILES string of the molecule is C[C@@H](O)[C@H]1C(=O)N2C(C(=O)O)=C(c3cccc(C(=O)N4CCOCC4)c3)C[C@H]12. The average molecular weight is 386 g/mol. The first kappa shape index (κ1) is 18.6. The van der Waals surface area contributed by atoms with Crippen LogP contribution in [0.3, 0.4) is 0 Å². The molecule has 2 amide bonds. The van der Waals surface area contributed by atoms with Crippen molar-refractivity contribution in [3.05, 3.63) is 41.1 Å². The zero-order valence-electron chi connectivity index (χ0n) is 15.5. The summed E-state index contributed by atoms with van der Waals surface area (Å²) in [4.78, 5) is 40.0. The molecule has 3 atom stereocenters. The number of hydrogen-bond donors (Lipinski definition) is 2. The van der Waals surface area contributed by atoms with Gasteiger partial charge >= 0.3 is 5.97 Å². The number of carboxylic acid groups (broad SMARTS) is 1. The highest BCUT2D eigenvalue weighted by Gasteiger charge is 2.56. The maximum Gasteiger partial charge on any atom is 0.352 e. The molecule has 3 heterocycles. The molecular weight excluding hydrogens is 364 g/mol. The van der Waals surface area contributed by atoms with Crippen LogP contribution >= 0.6 is 0 Å². The van der Waals surface area contributed by atoms with Crippen molar-refractivity contribution in [3.8, 4) is 0 Å². The van der Waals surface area contributed by atoms with E-state index in [0.29, 0.717) is 49.4 Å². The maximum absolute atomic E-state index is 12.8. The first-order chi connectivity index (χ1) is 13.4. The van der Waals surface area contributed by atoms with Crippen LogP contribution in [0.4, 0.5) is 0 Å². The largest absolute Gasteiger partial charge is 0.477 e. The van der Waals surface area contributed by atoms with Gasteiger partial charge in [0, 0.05) is 18.7 Å². The number of aliphatic hydroxyl groups is 1. The quantitative estimate of drug-likeness (QED) is 0.733. The van der Waals surface area contributed by atoms with E-state index in [4.69, 9.17) is 4.74 Å². The Morgan fingerprint density at radius 3 is 2.61 bits per heavy atom. The smallest absolute Gasteiger partial charge is 0.352 e. The van der Waals surface area contributed by atoms with Gasteiger partial charge in [-0.1, -0.05) is 12.1 Å². The van der Waals surface area contributed by atoms with Gasteiger partial charge < -0.3 is 24.7 Å². The molecule has 0 radical (unpaired) electrons. The fourth-order valence-corrected chi connectivity index (χ4v) is 4.32. The number of carbonyl (C=O) groups is 3. The van der Waals surface area contributed by atoms with Gasteiger partial charge in [0.15, 0.2) is 0 Å². The van der Waals surface area contributed by atoms with E-state index in [1.165, 1.54) is 4.90 Å². The molecule has 0 spiro atoms. The predicted molar refractivity (Wildman–Crippen MR) is 98.1 cm³/mol. The van der Waals surface area contributed by atoms with Crippen LogP contribution in [-0.4, -0.2) is 76.2 Å². The number of nitrogens with zero attached hydrogens (tertiary/aromatic N) is 2. The summed E-state index contributed by atoms with van der Waals surface area (Å²) in [5, 5.41) is 19.5. The zero-order chi connectivity index (χ0) is 20.0. The van der Waals surface area contributed by atoms with Crippen molar-refractivity contribution < 1.29 is 29.3 Å². The van der Waals surface area contributed by atoms with Gasteiger partial charge in [-0.25, -0.2) is 4.79 Å². The molecular formula is C20H22N2O6. The first-order valence-corrected chi connectivity index (χ1v) is 9.35. The molecule has 4 rings (SSSR count). The van der Waals surface area contributed by atoms with E-state index in [9.17, 15) is 24.6 Å². The van der Waals surface area contributed by atoms with Crippen molar-refractivity contribution >= 4 is 23.4 Å². The molecule has 8 heteroatoms. The number of hydrogen-bond acceptors (Lipinski definition) is 5. The Bertz CT molecular complexity index is 871. The molecule has 148 valence electrons. The van der Waals surface area contributed by atoms with Gasteiger partial charge in [-0.2, -0.15) is 0 Å². The summed E-state index contributed by atoms with van der Waals surface area (Å²) in [5.74, 6) is -2.26. The first-order valence-electron chi connectivity index (χ1n) is 9.35. The minimum absolute atomic E-state index is 0.0529. The lowest BCUT2D eigenvalue weighted by atomic mass is 9.82. The van der Waals surface area contributed by atoms with E-state index in [0.717, 1.165) is 0 Å². The fraction of sp³-hybridized carbons (Fsp3) is 0.450. The minimum atomic E-state index is -1.18. The number of rotatable bonds is 4. The minimum Gasteiger partial charge on any atom is -0.477 e. The van der Waals surface area contributed by atoms with E-state index >= 15 is 0 Å². The van der Waals surface area contributed by atoms with Gasteiger partial charge in [0.1, 0.15) is 5.70 Å². The molecule has 8 nitrogen and oxygen atoms in total. The summed E-state index contributed by atoms with van der Waals surface area (Å²) in [6.07, 6.45) is -0.490. The molecule has 0 aliphatic carbocycles. The van der Waals surface area contributed by atoms with Crippen LogP contribution in [0, 0.1) is 5.92 Å². The lowest BCUT2D eigenvalue weighted by Crippen LogP contribution is -2.61. The second kappa shape index (κ2) is 7.03. The Hall–Kier alpha value is -2.71. The van der Waals surface area contributed by atoms with Crippen molar-refractivity contribution in [2.75, 3.05) is 26.3 Å². The standard InChI is InChI=1S/C20H22N2O6/c1-11(23)16-15-10-14(17(20(26)27)22(15)19(16)25)12-3-2-4-13(9-12)18(24)21-5-7-28-8-6-21/h2-4,9,11,15-16,23H,5-8,10H2,1H3,(H,26,27)/t11-,15-,16-/m1/s1. The van der Waals surface area contributed by atoms with Gasteiger partial charge in [-0.3, -0.25) is 9.59 Å². The highest BCUT2D eigenvalue weighted by atomic mass is 16.5. The highest BCUT2D eigenvalue weighted by molar-refractivity contribution is 6.06. The maximum atomic E-state index is 12.8. The molecule has 0 unspecified atom stereocenters. The van der Waals surface area contributed by atoms with Crippen molar-refractivity contribution in [2.45, 2.75) is 25.5 Å². The number of ether oxygens (including phenoxy) is 1. The molecule has 0 saturated carbocycles. The van der Waals surface area contributed by atoms with Gasteiger partial charge in [0.2, 0.25) is 5.91 Å². The third-order valence-electron chi connectivity index (χ3n) is 5.69. The summed E-state index contributed by atoms with van der Waals surface area (Å²) >= 11 is 0. The summed E-state index contributed by atoms with van der Waals surface area (Å²) in [6.45, 7) is 3.58. The van der Waals surface area contributed by atoms with E-state index < -0.39 is 18.0 Å². The van der Waals surface area contributed by atoms with E-state index in [1.54, 1.807) is 36.1 Å². The zero-order valence-corrected chi connectivity index (χ0v) is 15.5. The van der Waals surface area contributed by atoms with Gasteiger partial charge in [0.25, 0.3) is 5.91 Å². The van der Waals surface area contributed by atoms with E-state index in [-0.39, 0.29) is 23.6 Å². The van der Waals surface area contributed by atoms with Crippen LogP contribution in [0.1, 0.15) is 29.3 Å². The number of morpholine rings is 1. The Morgan fingerprint density at radius 1 is 1.25 bits per heavy atom. The second-order valence-corrected chi connectivity index (χ2v) is 7.36. The molecule has 3 aliphatic rings. The summed E-state index contributed by atoms with van der Waals surface area (Å²) < 4.78 is 5.28.